The predicted octanol–water partition coefficient (Wildman–Crippen LogP) is 3.94. The van der Waals surface area contributed by atoms with Crippen LogP contribution in [0.1, 0.15) is 31.7 Å². The fourth-order valence-electron chi connectivity index (χ4n) is 1.81. The average Bonchev–Trinajstić information content (AvgIpc) is 2.19. The number of hydrogen-bond acceptors (Lipinski definition) is 1. The Hall–Kier alpha value is -0.500. The second-order valence-corrected chi connectivity index (χ2v) is 5.50. The number of ether oxygens (including phenoxy) is 1. The molecule has 1 aromatic rings. The van der Waals surface area contributed by atoms with E-state index in [1.54, 1.807) is 0 Å². The van der Waals surface area contributed by atoms with E-state index in [-0.39, 0.29) is 0 Å². The Balaban J connectivity index is 1.87. The first-order valence-electron chi connectivity index (χ1n) is 5.67. The van der Waals surface area contributed by atoms with E-state index in [0.717, 1.165) is 25.0 Å². The highest BCUT2D eigenvalue weighted by molar-refractivity contribution is 9.09. The minimum atomic E-state index is 0.423. The molecule has 0 spiro atoms. The maximum atomic E-state index is 5.82. The Morgan fingerprint density at radius 3 is 2.47 bits per heavy atom. The van der Waals surface area contributed by atoms with Gasteiger partial charge in [0, 0.05) is 4.83 Å². The molecule has 0 aliphatic heterocycles. The summed E-state index contributed by atoms with van der Waals surface area (Å²) in [4.78, 5) is 0.668. The zero-order valence-electron chi connectivity index (χ0n) is 9.08. The highest BCUT2D eigenvalue weighted by Crippen LogP contribution is 2.31. The molecule has 0 unspecified atom stereocenters. The molecule has 0 saturated heterocycles. The van der Waals surface area contributed by atoms with Crippen molar-refractivity contribution in [2.75, 3.05) is 0 Å². The number of hydrogen-bond donors (Lipinski definition) is 0. The van der Waals surface area contributed by atoms with Gasteiger partial charge in [-0.3, -0.25) is 0 Å². The zero-order chi connectivity index (χ0) is 10.7. The summed E-state index contributed by atoms with van der Waals surface area (Å²) in [6, 6.07) is 8.52. The number of halogens is 1. The molecule has 1 nitrogen and oxygen atoms in total. The number of benzene rings is 1. The molecule has 1 saturated carbocycles. The molecule has 0 N–H and O–H groups in total. The second kappa shape index (κ2) is 5.02. The third kappa shape index (κ3) is 2.97. The van der Waals surface area contributed by atoms with Crippen molar-refractivity contribution in [2.24, 2.45) is 0 Å². The largest absolute Gasteiger partial charge is 0.490 e. The lowest BCUT2D eigenvalue weighted by Crippen LogP contribution is -2.33. The molecule has 1 fully saturated rings. The van der Waals surface area contributed by atoms with Gasteiger partial charge < -0.3 is 4.74 Å². The summed E-state index contributed by atoms with van der Waals surface area (Å²) in [5.41, 5.74) is 1.40. The van der Waals surface area contributed by atoms with Crippen molar-refractivity contribution in [3.8, 4) is 5.75 Å². The maximum Gasteiger partial charge on any atom is 0.119 e. The van der Waals surface area contributed by atoms with Crippen LogP contribution in [0.2, 0.25) is 0 Å². The van der Waals surface area contributed by atoms with Crippen LogP contribution < -0.4 is 4.74 Å². The van der Waals surface area contributed by atoms with Crippen molar-refractivity contribution in [3.63, 3.8) is 0 Å². The number of rotatable bonds is 4. The molecule has 2 rings (SSSR count). The number of aryl methyl sites for hydroxylation is 1. The first kappa shape index (κ1) is 11.0. The summed E-state index contributed by atoms with van der Waals surface area (Å²) >= 11 is 3.57. The summed E-state index contributed by atoms with van der Waals surface area (Å²) < 4.78 is 5.82. The van der Waals surface area contributed by atoms with Crippen LogP contribution in [0.25, 0.3) is 0 Å². The van der Waals surface area contributed by atoms with Crippen molar-refractivity contribution in [1.82, 2.24) is 0 Å². The Labute approximate surface area is 100.0 Å². The van der Waals surface area contributed by atoms with E-state index in [1.165, 1.54) is 12.0 Å². The lowest BCUT2D eigenvalue weighted by molar-refractivity contribution is 0.128. The molecule has 82 valence electrons. The summed E-state index contributed by atoms with van der Waals surface area (Å²) in [6.45, 7) is 2.20. The van der Waals surface area contributed by atoms with Gasteiger partial charge >= 0.3 is 0 Å². The van der Waals surface area contributed by atoms with Gasteiger partial charge in [0.15, 0.2) is 0 Å². The minimum Gasteiger partial charge on any atom is -0.490 e. The van der Waals surface area contributed by atoms with E-state index in [0.29, 0.717) is 10.9 Å². The van der Waals surface area contributed by atoms with Crippen molar-refractivity contribution < 1.29 is 4.74 Å². The summed E-state index contributed by atoms with van der Waals surface area (Å²) in [5, 5.41) is 0. The van der Waals surface area contributed by atoms with E-state index in [9.17, 15) is 0 Å². The second-order valence-electron chi connectivity index (χ2n) is 4.20. The lowest BCUT2D eigenvalue weighted by atomic mass is 9.96. The van der Waals surface area contributed by atoms with Gasteiger partial charge in [0.05, 0.1) is 0 Å². The van der Waals surface area contributed by atoms with E-state index in [2.05, 4.69) is 47.1 Å². The lowest BCUT2D eigenvalue weighted by Gasteiger charge is -2.31. The van der Waals surface area contributed by atoms with Gasteiger partial charge in [-0.1, -0.05) is 41.4 Å². The molecule has 0 bridgehead atoms. The molecule has 0 atom stereocenters. The van der Waals surface area contributed by atoms with Crippen LogP contribution in [-0.2, 0) is 6.42 Å². The Kier molecular flexibility index (Phi) is 3.68. The monoisotopic (exact) mass is 268 g/mol. The normalized spacial score (nSPS) is 24.7. The Bertz CT molecular complexity index is 301. The van der Waals surface area contributed by atoms with Gasteiger partial charge in [-0.25, -0.2) is 0 Å². The van der Waals surface area contributed by atoms with Crippen LogP contribution in [0.15, 0.2) is 24.3 Å². The first-order valence-corrected chi connectivity index (χ1v) is 6.59. The summed E-state index contributed by atoms with van der Waals surface area (Å²) in [6.07, 6.45) is 5.06. The fourth-order valence-corrected chi connectivity index (χ4v) is 2.65. The van der Waals surface area contributed by atoms with Crippen LogP contribution >= 0.6 is 15.9 Å². The smallest absolute Gasteiger partial charge is 0.119 e. The zero-order valence-corrected chi connectivity index (χ0v) is 10.7. The Morgan fingerprint density at radius 1 is 1.27 bits per heavy atom. The van der Waals surface area contributed by atoms with E-state index in [4.69, 9.17) is 4.74 Å². The standard InChI is InChI=1S/C13H17BrO/c1-2-3-10-4-6-12(7-5-10)15-13-8-11(14)9-13/h4-7,11,13H,2-3,8-9H2,1H3. The van der Waals surface area contributed by atoms with Crippen LogP contribution in [-0.4, -0.2) is 10.9 Å². The fraction of sp³-hybridized carbons (Fsp3) is 0.538. The van der Waals surface area contributed by atoms with Crippen molar-refractivity contribution >= 4 is 15.9 Å². The molecular weight excluding hydrogens is 252 g/mol. The van der Waals surface area contributed by atoms with Gasteiger partial charge in [-0.2, -0.15) is 0 Å². The average molecular weight is 269 g/mol. The van der Waals surface area contributed by atoms with Gasteiger partial charge in [0.1, 0.15) is 11.9 Å². The number of alkyl halides is 1. The van der Waals surface area contributed by atoms with Gasteiger partial charge in [-0.15, -0.1) is 0 Å². The minimum absolute atomic E-state index is 0.423. The van der Waals surface area contributed by atoms with E-state index >= 15 is 0 Å². The highest BCUT2D eigenvalue weighted by atomic mass is 79.9. The molecular formula is C13H17BrO. The maximum absolute atomic E-state index is 5.82. The van der Waals surface area contributed by atoms with Gasteiger partial charge in [0.2, 0.25) is 0 Å². The van der Waals surface area contributed by atoms with Crippen molar-refractivity contribution in [3.05, 3.63) is 29.8 Å². The third-order valence-electron chi connectivity index (χ3n) is 2.80. The SMILES string of the molecule is CCCc1ccc(OC2CC(Br)C2)cc1. The topological polar surface area (TPSA) is 9.23 Å². The molecule has 0 aromatic heterocycles. The van der Waals surface area contributed by atoms with Crippen molar-refractivity contribution in [2.45, 2.75) is 43.5 Å². The van der Waals surface area contributed by atoms with E-state index in [1.807, 2.05) is 0 Å². The van der Waals surface area contributed by atoms with Gasteiger partial charge in [-0.05, 0) is 37.0 Å². The highest BCUT2D eigenvalue weighted by Gasteiger charge is 2.28. The molecule has 2 heteroatoms. The molecule has 1 aliphatic rings. The molecule has 0 heterocycles. The summed E-state index contributed by atoms with van der Waals surface area (Å²) in [5.74, 6) is 1.01. The van der Waals surface area contributed by atoms with Crippen LogP contribution in [0.4, 0.5) is 0 Å². The van der Waals surface area contributed by atoms with Gasteiger partial charge in [0.25, 0.3) is 0 Å². The first-order chi connectivity index (χ1) is 7.28. The van der Waals surface area contributed by atoms with Crippen LogP contribution in [0.3, 0.4) is 0 Å². The molecule has 0 amide bonds. The quantitative estimate of drug-likeness (QED) is 0.752. The molecule has 1 aromatic carbocycles. The Morgan fingerprint density at radius 2 is 1.93 bits per heavy atom. The predicted molar refractivity (Wildman–Crippen MR) is 66.8 cm³/mol. The molecule has 1 aliphatic carbocycles. The molecule has 15 heavy (non-hydrogen) atoms. The van der Waals surface area contributed by atoms with Crippen LogP contribution in [0, 0.1) is 0 Å². The van der Waals surface area contributed by atoms with E-state index < -0.39 is 0 Å². The summed E-state index contributed by atoms with van der Waals surface area (Å²) in [7, 11) is 0. The third-order valence-corrected chi connectivity index (χ3v) is 3.55. The van der Waals surface area contributed by atoms with Crippen LogP contribution in [0.5, 0.6) is 5.75 Å². The van der Waals surface area contributed by atoms with Crippen molar-refractivity contribution in [1.29, 1.82) is 0 Å². The molecule has 0 radical (unpaired) electrons.